The van der Waals surface area contributed by atoms with Crippen LogP contribution in [-0.4, -0.2) is 170 Å². The van der Waals surface area contributed by atoms with Crippen molar-refractivity contribution < 1.29 is 57.5 Å². The van der Waals surface area contributed by atoms with Crippen LogP contribution >= 0.6 is 23.5 Å². The quantitative estimate of drug-likeness (QED) is 0.0632. The van der Waals surface area contributed by atoms with Crippen molar-refractivity contribution in [2.45, 2.75) is 89.6 Å². The van der Waals surface area contributed by atoms with Gasteiger partial charge in [-0.3, -0.25) is 82.3 Å². The molecule has 3 saturated heterocycles. The van der Waals surface area contributed by atoms with Gasteiger partial charge < -0.3 is 16.0 Å². The number of hydrogen-bond acceptors (Lipinski definition) is 16. The first-order valence-corrected chi connectivity index (χ1v) is 25.8. The molecule has 0 spiro atoms. The lowest BCUT2D eigenvalue weighted by molar-refractivity contribution is -0.166. The zero-order chi connectivity index (χ0) is 53.2. The van der Waals surface area contributed by atoms with Crippen molar-refractivity contribution in [3.63, 3.8) is 0 Å². The van der Waals surface area contributed by atoms with Crippen molar-refractivity contribution in [2.75, 3.05) is 57.4 Å². The molecule has 73 heavy (non-hydrogen) atoms. The van der Waals surface area contributed by atoms with Crippen LogP contribution in [0.5, 0.6) is 0 Å². The van der Waals surface area contributed by atoms with E-state index in [1.165, 1.54) is 37.4 Å². The Kier molecular flexibility index (Phi) is 21.5. The molecule has 3 fully saturated rings. The Labute approximate surface area is 430 Å². The van der Waals surface area contributed by atoms with Crippen molar-refractivity contribution in [1.29, 1.82) is 0 Å². The van der Waals surface area contributed by atoms with Crippen molar-refractivity contribution in [3.8, 4) is 0 Å². The third-order valence-corrected chi connectivity index (χ3v) is 14.4. The van der Waals surface area contributed by atoms with Crippen LogP contribution in [0.1, 0.15) is 111 Å². The van der Waals surface area contributed by atoms with E-state index in [1.54, 1.807) is 62.4 Å². The number of amides is 10. The topological polar surface area (TPSA) is 291 Å². The van der Waals surface area contributed by atoms with E-state index >= 15 is 0 Å². The average Bonchev–Trinajstić information content (AvgIpc) is 3.80. The van der Waals surface area contributed by atoms with Crippen LogP contribution in [0, 0.1) is 0 Å². The summed E-state index contributed by atoms with van der Waals surface area (Å²) in [5.74, 6) is -5.64. The second-order valence-corrected chi connectivity index (χ2v) is 20.0. The lowest BCUT2D eigenvalue weighted by atomic mass is 10.1. The lowest BCUT2D eigenvalue weighted by Gasteiger charge is -2.35. The van der Waals surface area contributed by atoms with Crippen molar-refractivity contribution >= 4 is 106 Å². The van der Waals surface area contributed by atoms with Crippen LogP contribution in [0.15, 0.2) is 58.6 Å². The third kappa shape index (κ3) is 17.0. The van der Waals surface area contributed by atoms with E-state index in [1.807, 2.05) is 0 Å². The molecule has 5 rings (SSSR count). The molecule has 2 unspecified atom stereocenters. The fourth-order valence-electron chi connectivity index (χ4n) is 7.67. The van der Waals surface area contributed by atoms with Crippen LogP contribution in [0.4, 0.5) is 0 Å². The Balaban J connectivity index is 1.24. The molecule has 0 aromatic heterocycles. The molecule has 2 aromatic carbocycles. The molecule has 2 aromatic rings. The van der Waals surface area contributed by atoms with Crippen LogP contribution in [-0.2, 0) is 47.9 Å². The van der Waals surface area contributed by atoms with Gasteiger partial charge in [0.1, 0.15) is 5.78 Å². The highest BCUT2D eigenvalue weighted by molar-refractivity contribution is 8.17. The highest BCUT2D eigenvalue weighted by Gasteiger charge is 2.42. The number of thioether (sulfide) groups is 2. The Hall–Kier alpha value is -7.08. The number of imide groups is 2. The number of rotatable bonds is 20. The number of nitrogens with one attached hydrogen (secondary N) is 4. The molecule has 3 heterocycles. The van der Waals surface area contributed by atoms with Gasteiger partial charge in [-0.2, -0.15) is 5.10 Å². The van der Waals surface area contributed by atoms with Gasteiger partial charge in [0.25, 0.3) is 11.8 Å². The van der Waals surface area contributed by atoms with E-state index in [-0.39, 0.29) is 113 Å². The predicted molar refractivity (Wildman–Crippen MR) is 271 cm³/mol. The van der Waals surface area contributed by atoms with Gasteiger partial charge in [-0.05, 0) is 62.6 Å². The van der Waals surface area contributed by atoms with Gasteiger partial charge >= 0.3 is 0 Å². The summed E-state index contributed by atoms with van der Waals surface area (Å²) in [5, 5.41) is 12.8. The third-order valence-electron chi connectivity index (χ3n) is 11.8. The number of ketones is 2. The fourth-order valence-corrected chi connectivity index (χ4v) is 10.4. The van der Waals surface area contributed by atoms with Crippen LogP contribution < -0.4 is 21.4 Å². The van der Waals surface area contributed by atoms with E-state index in [9.17, 15) is 57.5 Å². The molecular weight excluding hydrogens is 985 g/mol. The number of nitrogens with zero attached hydrogens (tertiary/aromatic N) is 6. The summed E-state index contributed by atoms with van der Waals surface area (Å²) in [6.45, 7) is 5.03. The standard InChI is InChI=1S/C49H60N10O12S2/c1-30(60)28-53-31(2)34-7-11-36(12-8-34)46(68)51-19-5-6-38(62)15-24-58-42(64)17-22-56-44(66)26-39(48(56)70)72-29-73-40-27-45(67)57(49(40)71)23-18-43(65)59(58)25-16-41(63)50-20-21-52-47(69)37-13-9-35(10-14-37)32(3)54-55-33(4)61/h7-14,39-40H,5-6,15-29H2,1-4H3,(H,50,63)(H,51,68)(H,52,69)(H,55,61)/b53-31?,54-32-. The maximum Gasteiger partial charge on any atom is 0.251 e. The van der Waals surface area contributed by atoms with Crippen molar-refractivity contribution in [3.05, 3.63) is 70.8 Å². The second kappa shape index (κ2) is 27.7. The second-order valence-electron chi connectivity index (χ2n) is 17.3. The normalized spacial score (nSPS) is 18.2. The Bertz CT molecular complexity index is 2360. The summed E-state index contributed by atoms with van der Waals surface area (Å²) in [6.07, 6.45) is -1.53. The van der Waals surface area contributed by atoms with E-state index in [0.29, 0.717) is 28.1 Å². The average molecular weight is 1050 g/mol. The molecule has 3 aliphatic rings. The van der Waals surface area contributed by atoms with Crippen molar-refractivity contribution in [1.82, 2.24) is 41.2 Å². The SMILES string of the molecule is CC(=O)CN=C(C)c1ccc(C(=O)NCCCC(=O)CCN2C(=O)CCN3C(=O)CC(SCSC4CC(=O)N(CCC(=O)N2CCC(=O)NCCNC(=O)c2ccc(/C(C)=N\NC(C)=O)cc2)C4=O)C3=O)cc1. The maximum atomic E-state index is 14.2. The van der Waals surface area contributed by atoms with Gasteiger partial charge in [0.15, 0.2) is 5.78 Å². The number of hydrogen-bond donors (Lipinski definition) is 4. The molecule has 4 bridgehead atoms. The van der Waals surface area contributed by atoms with Gasteiger partial charge in [0.05, 0.1) is 29.3 Å². The molecule has 2 atom stereocenters. The number of carbonyl (C=O) groups is 12. The minimum absolute atomic E-state index is 0.0172. The number of carbonyl (C=O) groups excluding carboxylic acids is 12. The van der Waals surface area contributed by atoms with Crippen molar-refractivity contribution in [2.24, 2.45) is 10.1 Å². The summed E-state index contributed by atoms with van der Waals surface area (Å²) in [4.78, 5) is 162. The van der Waals surface area contributed by atoms with Gasteiger partial charge in [-0.1, -0.05) is 24.3 Å². The summed E-state index contributed by atoms with van der Waals surface area (Å²) in [5.41, 5.74) is 5.64. The number of fused-ring (bicyclic) bond motifs is 4. The molecular formula is C49H60N10O12S2. The van der Waals surface area contributed by atoms with Crippen LogP contribution in [0.2, 0.25) is 0 Å². The molecule has 4 N–H and O–H groups in total. The minimum Gasteiger partial charge on any atom is -0.354 e. The van der Waals surface area contributed by atoms with E-state index in [2.05, 4.69) is 31.5 Å². The molecule has 22 nitrogen and oxygen atoms in total. The Morgan fingerprint density at radius 2 is 1.04 bits per heavy atom. The van der Waals surface area contributed by atoms with Gasteiger partial charge in [-0.15, -0.1) is 23.5 Å². The fraction of sp³-hybridized carbons (Fsp3) is 0.469. The van der Waals surface area contributed by atoms with E-state index < -0.39 is 77.1 Å². The molecule has 10 amide bonds. The first-order chi connectivity index (χ1) is 34.8. The van der Waals surface area contributed by atoms with Crippen LogP contribution in [0.25, 0.3) is 0 Å². The Morgan fingerprint density at radius 3 is 1.55 bits per heavy atom. The first kappa shape index (κ1) is 56.8. The summed E-state index contributed by atoms with van der Waals surface area (Å²) in [6, 6.07) is 13.1. The van der Waals surface area contributed by atoms with E-state index in [0.717, 1.165) is 25.4 Å². The van der Waals surface area contributed by atoms with Gasteiger partial charge in [0, 0.05) is 113 Å². The summed E-state index contributed by atoms with van der Waals surface area (Å²) >= 11 is 2.33. The monoisotopic (exact) mass is 1040 g/mol. The summed E-state index contributed by atoms with van der Waals surface area (Å²) in [7, 11) is 0. The lowest BCUT2D eigenvalue weighted by Crippen LogP contribution is -2.53. The minimum atomic E-state index is -0.760. The predicted octanol–water partition coefficient (Wildman–Crippen LogP) is 1.40. The maximum absolute atomic E-state index is 14.2. The summed E-state index contributed by atoms with van der Waals surface area (Å²) < 4.78 is 0. The largest absolute Gasteiger partial charge is 0.354 e. The highest BCUT2D eigenvalue weighted by atomic mass is 32.2. The van der Waals surface area contributed by atoms with E-state index in [4.69, 9.17) is 0 Å². The molecule has 390 valence electrons. The zero-order valence-electron chi connectivity index (χ0n) is 41.2. The number of benzene rings is 2. The first-order valence-electron chi connectivity index (χ1n) is 23.7. The van der Waals surface area contributed by atoms with Gasteiger partial charge in [0.2, 0.25) is 47.3 Å². The van der Waals surface area contributed by atoms with Gasteiger partial charge in [-0.25, -0.2) is 5.43 Å². The van der Waals surface area contributed by atoms with Crippen LogP contribution in [0.3, 0.4) is 0 Å². The zero-order valence-corrected chi connectivity index (χ0v) is 42.8. The molecule has 0 aliphatic carbocycles. The number of hydrazine groups is 1. The Morgan fingerprint density at radius 1 is 0.575 bits per heavy atom. The smallest absolute Gasteiger partial charge is 0.251 e. The molecule has 3 aliphatic heterocycles. The highest BCUT2D eigenvalue weighted by Crippen LogP contribution is 2.33. The molecule has 24 heteroatoms. The number of Topliss-reactive ketones (excluding diaryl/α,β-unsaturated/α-hetero) is 2. The molecule has 0 saturated carbocycles. The number of hydrazone groups is 1. The number of aliphatic imine (C=N–C) groups is 1. The molecule has 0 radical (unpaired) electrons.